The minimum Gasteiger partial charge on any atom is -0.303 e. The molecular weight excluding hydrogens is 278 g/mol. The maximum absolute atomic E-state index is 11.2. The zero-order valence-corrected chi connectivity index (χ0v) is 12.8. The Morgan fingerprint density at radius 3 is 2.36 bits per heavy atom. The molecule has 0 aliphatic heterocycles. The summed E-state index contributed by atoms with van der Waals surface area (Å²) in [7, 11) is 0. The van der Waals surface area contributed by atoms with E-state index in [0.29, 0.717) is 12.8 Å². The molecule has 0 amide bonds. The van der Waals surface area contributed by atoms with Crippen LogP contribution in [0.5, 0.6) is 0 Å². The molecule has 0 heterocycles. The van der Waals surface area contributed by atoms with Gasteiger partial charge in [0.1, 0.15) is 6.29 Å². The average molecular weight is 297 g/mol. The van der Waals surface area contributed by atoms with Crippen LogP contribution in [0.1, 0.15) is 30.5 Å². The Balaban J connectivity index is 2.40. The van der Waals surface area contributed by atoms with Crippen LogP contribution in [0.25, 0.3) is 0 Å². The van der Waals surface area contributed by atoms with E-state index in [-0.39, 0.29) is 10.6 Å². The molecule has 0 spiro atoms. The Morgan fingerprint density at radius 1 is 1.09 bits per heavy atom. The first kappa shape index (κ1) is 15.9. The molecule has 4 nitrogen and oxygen atoms in total. The number of carbonyl (C=O) groups excluding carboxylic acids is 1. The van der Waals surface area contributed by atoms with Gasteiger partial charge in [0.2, 0.25) is 0 Å². The summed E-state index contributed by atoms with van der Waals surface area (Å²) in [5.74, 6) is 0. The van der Waals surface area contributed by atoms with Gasteiger partial charge in [-0.2, -0.15) is 0 Å². The maximum Gasteiger partial charge on any atom is 0.269 e. The maximum atomic E-state index is 11.2. The topological polar surface area (TPSA) is 60.2 Å². The van der Waals surface area contributed by atoms with Crippen LogP contribution in [0.2, 0.25) is 0 Å². The van der Waals surface area contributed by atoms with Crippen molar-refractivity contribution in [2.45, 2.75) is 26.7 Å². The lowest BCUT2D eigenvalue weighted by atomic mass is 9.84. The van der Waals surface area contributed by atoms with Gasteiger partial charge in [-0.25, -0.2) is 0 Å². The van der Waals surface area contributed by atoms with Crippen molar-refractivity contribution >= 4 is 12.0 Å². The third-order valence-corrected chi connectivity index (χ3v) is 3.60. The van der Waals surface area contributed by atoms with Crippen LogP contribution in [-0.4, -0.2) is 11.2 Å². The van der Waals surface area contributed by atoms with Crippen molar-refractivity contribution in [1.82, 2.24) is 0 Å². The lowest BCUT2D eigenvalue weighted by Crippen LogP contribution is -2.17. The summed E-state index contributed by atoms with van der Waals surface area (Å²) in [5, 5.41) is 11.0. The van der Waals surface area contributed by atoms with E-state index in [1.807, 2.05) is 44.2 Å². The summed E-state index contributed by atoms with van der Waals surface area (Å²) >= 11 is 0. The molecule has 0 bridgehead atoms. The van der Waals surface area contributed by atoms with Crippen LogP contribution in [-0.2, 0) is 17.6 Å². The fraction of sp³-hybridized carbons (Fsp3) is 0.278. The van der Waals surface area contributed by atoms with Crippen molar-refractivity contribution in [2.24, 2.45) is 5.41 Å². The second kappa shape index (κ2) is 6.52. The number of nitrogens with zero attached hydrogens (tertiary/aromatic N) is 1. The van der Waals surface area contributed by atoms with Crippen LogP contribution < -0.4 is 0 Å². The minimum absolute atomic E-state index is 0.0820. The van der Waals surface area contributed by atoms with Crippen molar-refractivity contribution in [3.63, 3.8) is 0 Å². The second-order valence-electron chi connectivity index (χ2n) is 6.16. The Bertz CT molecular complexity index is 678. The van der Waals surface area contributed by atoms with Gasteiger partial charge < -0.3 is 4.79 Å². The molecule has 0 aliphatic carbocycles. The number of hydrogen-bond donors (Lipinski definition) is 0. The molecule has 0 radical (unpaired) electrons. The Hall–Kier alpha value is -2.49. The van der Waals surface area contributed by atoms with Gasteiger partial charge in [-0.1, -0.05) is 50.2 Å². The number of nitro benzene ring substituents is 1. The van der Waals surface area contributed by atoms with E-state index in [1.54, 1.807) is 12.1 Å². The highest BCUT2D eigenvalue weighted by Crippen LogP contribution is 2.26. The molecule has 0 aliphatic rings. The van der Waals surface area contributed by atoms with Crippen molar-refractivity contribution in [3.05, 3.63) is 75.3 Å². The van der Waals surface area contributed by atoms with Crippen molar-refractivity contribution in [2.75, 3.05) is 0 Å². The number of hydrogen-bond acceptors (Lipinski definition) is 3. The summed E-state index contributed by atoms with van der Waals surface area (Å²) in [6.45, 7) is 3.74. The molecular formula is C18H19NO3. The number of rotatable bonds is 6. The highest BCUT2D eigenvalue weighted by atomic mass is 16.6. The molecule has 2 aromatic rings. The van der Waals surface area contributed by atoms with Crippen LogP contribution >= 0.6 is 0 Å². The number of nitro groups is 1. The predicted molar refractivity (Wildman–Crippen MR) is 85.9 cm³/mol. The van der Waals surface area contributed by atoms with E-state index >= 15 is 0 Å². The van der Waals surface area contributed by atoms with E-state index in [2.05, 4.69) is 0 Å². The largest absolute Gasteiger partial charge is 0.303 e. The third kappa shape index (κ3) is 4.01. The third-order valence-electron chi connectivity index (χ3n) is 3.60. The Labute approximate surface area is 129 Å². The lowest BCUT2D eigenvalue weighted by molar-refractivity contribution is -0.384. The van der Waals surface area contributed by atoms with E-state index in [1.165, 1.54) is 6.07 Å². The molecule has 4 heteroatoms. The molecule has 0 saturated carbocycles. The van der Waals surface area contributed by atoms with Crippen molar-refractivity contribution in [3.8, 4) is 0 Å². The van der Waals surface area contributed by atoms with Crippen LogP contribution in [0.4, 0.5) is 5.69 Å². The smallest absolute Gasteiger partial charge is 0.269 e. The monoisotopic (exact) mass is 297 g/mol. The van der Waals surface area contributed by atoms with Gasteiger partial charge in [-0.15, -0.1) is 0 Å². The number of carbonyl (C=O) groups is 1. The molecule has 2 aromatic carbocycles. The van der Waals surface area contributed by atoms with Gasteiger partial charge in [0.05, 0.1) is 4.92 Å². The summed E-state index contributed by atoms with van der Waals surface area (Å²) in [6, 6.07) is 14.7. The second-order valence-corrected chi connectivity index (χ2v) is 6.16. The Kier molecular flexibility index (Phi) is 4.71. The summed E-state index contributed by atoms with van der Waals surface area (Å²) < 4.78 is 0. The summed E-state index contributed by atoms with van der Waals surface area (Å²) in [6.07, 6.45) is 2.12. The van der Waals surface area contributed by atoms with Gasteiger partial charge in [0.15, 0.2) is 0 Å². The molecule has 114 valence electrons. The van der Waals surface area contributed by atoms with Gasteiger partial charge in [0, 0.05) is 17.5 Å². The molecule has 0 N–H and O–H groups in total. The van der Waals surface area contributed by atoms with Gasteiger partial charge in [-0.05, 0) is 29.5 Å². The number of benzene rings is 2. The Morgan fingerprint density at radius 2 is 1.77 bits per heavy atom. The molecule has 0 aromatic heterocycles. The van der Waals surface area contributed by atoms with E-state index in [0.717, 1.165) is 23.0 Å². The molecule has 0 fully saturated rings. The lowest BCUT2D eigenvalue weighted by Gasteiger charge is -2.19. The van der Waals surface area contributed by atoms with Crippen molar-refractivity contribution < 1.29 is 9.72 Å². The first-order valence-corrected chi connectivity index (χ1v) is 7.18. The molecule has 0 saturated heterocycles. The number of non-ortho nitro benzene ring substituents is 1. The molecule has 0 atom stereocenters. The van der Waals surface area contributed by atoms with Crippen LogP contribution in [0, 0.1) is 15.5 Å². The predicted octanol–water partition coefficient (Wildman–Crippen LogP) is 3.95. The summed E-state index contributed by atoms with van der Waals surface area (Å²) in [4.78, 5) is 21.8. The highest BCUT2D eigenvalue weighted by Gasteiger charge is 2.20. The van der Waals surface area contributed by atoms with E-state index in [9.17, 15) is 14.9 Å². The molecule has 2 rings (SSSR count). The summed E-state index contributed by atoms with van der Waals surface area (Å²) in [5.41, 5.74) is 2.57. The van der Waals surface area contributed by atoms with Crippen LogP contribution in [0.15, 0.2) is 48.5 Å². The van der Waals surface area contributed by atoms with Gasteiger partial charge in [0.25, 0.3) is 5.69 Å². The van der Waals surface area contributed by atoms with E-state index in [4.69, 9.17) is 0 Å². The molecule has 22 heavy (non-hydrogen) atoms. The first-order valence-electron chi connectivity index (χ1n) is 7.18. The standard InChI is InChI=1S/C18H19NO3/c1-18(2,13-20)12-15-8-9-17(19(21)22)11-16(15)10-14-6-4-3-5-7-14/h3-9,11,13H,10,12H2,1-2H3. The normalized spacial score (nSPS) is 11.2. The van der Waals surface area contributed by atoms with Gasteiger partial charge >= 0.3 is 0 Å². The van der Waals surface area contributed by atoms with Crippen LogP contribution in [0.3, 0.4) is 0 Å². The minimum atomic E-state index is -0.485. The van der Waals surface area contributed by atoms with Crippen molar-refractivity contribution in [1.29, 1.82) is 0 Å². The fourth-order valence-corrected chi connectivity index (χ4v) is 2.41. The fourth-order valence-electron chi connectivity index (χ4n) is 2.41. The van der Waals surface area contributed by atoms with E-state index < -0.39 is 5.41 Å². The molecule has 0 unspecified atom stereocenters. The SMILES string of the molecule is CC(C)(C=O)Cc1ccc([N+](=O)[O-])cc1Cc1ccccc1. The first-order chi connectivity index (χ1) is 10.4. The zero-order chi connectivity index (χ0) is 16.2. The number of aldehydes is 1. The highest BCUT2D eigenvalue weighted by molar-refractivity contribution is 5.59. The average Bonchev–Trinajstić information content (AvgIpc) is 2.49. The van der Waals surface area contributed by atoms with Gasteiger partial charge in [-0.3, -0.25) is 10.1 Å². The zero-order valence-electron chi connectivity index (χ0n) is 12.8. The quantitative estimate of drug-likeness (QED) is 0.461.